The molecule has 17 heavy (non-hydrogen) atoms. The predicted octanol–water partition coefficient (Wildman–Crippen LogP) is 3.50. The molecule has 3 nitrogen and oxygen atoms in total. The summed E-state index contributed by atoms with van der Waals surface area (Å²) < 4.78 is 3.20. The average molecular weight is 302 g/mol. The second kappa shape index (κ2) is 6.01. The predicted molar refractivity (Wildman–Crippen MR) is 76.1 cm³/mol. The van der Waals surface area contributed by atoms with Crippen molar-refractivity contribution >= 4 is 15.9 Å². The van der Waals surface area contributed by atoms with Gasteiger partial charge in [0.1, 0.15) is 0 Å². The first-order valence-corrected chi connectivity index (χ1v) is 7.13. The van der Waals surface area contributed by atoms with E-state index in [1.807, 2.05) is 6.92 Å². The van der Waals surface area contributed by atoms with Gasteiger partial charge in [0.25, 0.3) is 0 Å². The fourth-order valence-electron chi connectivity index (χ4n) is 1.68. The third-order valence-electron chi connectivity index (χ3n) is 3.31. The van der Waals surface area contributed by atoms with Crippen LogP contribution in [-0.2, 0) is 13.1 Å². The maximum atomic E-state index is 4.49. The van der Waals surface area contributed by atoms with Gasteiger partial charge in [-0.2, -0.15) is 5.10 Å². The Kier molecular flexibility index (Phi) is 5.20. The van der Waals surface area contributed by atoms with Crippen molar-refractivity contribution in [2.75, 3.05) is 6.54 Å². The summed E-state index contributed by atoms with van der Waals surface area (Å²) in [6, 6.07) is 0. The van der Waals surface area contributed by atoms with Crippen LogP contribution in [0, 0.1) is 12.3 Å². The molecule has 0 amide bonds. The Morgan fingerprint density at radius 1 is 1.35 bits per heavy atom. The Labute approximate surface area is 113 Å². The lowest BCUT2D eigenvalue weighted by Crippen LogP contribution is -2.29. The lowest BCUT2D eigenvalue weighted by Gasteiger charge is -2.23. The van der Waals surface area contributed by atoms with Gasteiger partial charge >= 0.3 is 0 Å². The molecule has 0 radical (unpaired) electrons. The van der Waals surface area contributed by atoms with Gasteiger partial charge in [0.15, 0.2) is 0 Å². The second-order valence-electron chi connectivity index (χ2n) is 5.28. The molecule has 98 valence electrons. The summed E-state index contributed by atoms with van der Waals surface area (Å²) in [6.45, 7) is 13.8. The molecule has 0 bridgehead atoms. The zero-order chi connectivity index (χ0) is 13.1. The topological polar surface area (TPSA) is 29.9 Å². The van der Waals surface area contributed by atoms with Crippen LogP contribution in [0.25, 0.3) is 0 Å². The summed E-state index contributed by atoms with van der Waals surface area (Å²) in [6.07, 6.45) is 1.19. The van der Waals surface area contributed by atoms with E-state index >= 15 is 0 Å². The first kappa shape index (κ1) is 14.7. The number of aromatic nitrogens is 2. The molecule has 1 aromatic heterocycles. The van der Waals surface area contributed by atoms with Crippen molar-refractivity contribution in [2.24, 2.45) is 5.41 Å². The highest BCUT2D eigenvalue weighted by Crippen LogP contribution is 2.22. The van der Waals surface area contributed by atoms with E-state index in [4.69, 9.17) is 0 Å². The van der Waals surface area contributed by atoms with Crippen LogP contribution in [-0.4, -0.2) is 16.3 Å². The summed E-state index contributed by atoms with van der Waals surface area (Å²) >= 11 is 3.62. The standard InChI is InChI=1S/C13H24BrN3/c1-6-13(4,5)9-15-8-11-12(14)10(3)16-17(11)7-2/h15H,6-9H2,1-5H3. The number of nitrogens with zero attached hydrogens (tertiary/aromatic N) is 2. The third-order valence-corrected chi connectivity index (χ3v) is 4.34. The number of halogens is 1. The van der Waals surface area contributed by atoms with E-state index in [0.29, 0.717) is 5.41 Å². The minimum atomic E-state index is 0.360. The van der Waals surface area contributed by atoms with Crippen molar-refractivity contribution < 1.29 is 0 Å². The fraction of sp³-hybridized carbons (Fsp3) is 0.769. The molecule has 0 aliphatic carbocycles. The Morgan fingerprint density at radius 3 is 2.53 bits per heavy atom. The van der Waals surface area contributed by atoms with Crippen LogP contribution < -0.4 is 5.32 Å². The smallest absolute Gasteiger partial charge is 0.0739 e. The summed E-state index contributed by atoms with van der Waals surface area (Å²) in [4.78, 5) is 0. The van der Waals surface area contributed by atoms with Gasteiger partial charge in [0.05, 0.1) is 15.9 Å². The molecule has 0 spiro atoms. The van der Waals surface area contributed by atoms with E-state index in [1.54, 1.807) is 0 Å². The summed E-state index contributed by atoms with van der Waals surface area (Å²) in [5.74, 6) is 0. The maximum Gasteiger partial charge on any atom is 0.0739 e. The van der Waals surface area contributed by atoms with E-state index in [2.05, 4.69) is 58.7 Å². The van der Waals surface area contributed by atoms with E-state index in [-0.39, 0.29) is 0 Å². The zero-order valence-electron chi connectivity index (χ0n) is 11.6. The Morgan fingerprint density at radius 2 is 2.00 bits per heavy atom. The third kappa shape index (κ3) is 3.81. The molecule has 0 unspecified atom stereocenters. The van der Waals surface area contributed by atoms with Crippen molar-refractivity contribution in [3.63, 3.8) is 0 Å². The van der Waals surface area contributed by atoms with Crippen LogP contribution >= 0.6 is 15.9 Å². The first-order valence-electron chi connectivity index (χ1n) is 6.33. The molecule has 1 aromatic rings. The second-order valence-corrected chi connectivity index (χ2v) is 6.08. The Hall–Kier alpha value is -0.350. The van der Waals surface area contributed by atoms with E-state index in [9.17, 15) is 0 Å². The number of nitrogens with one attached hydrogen (secondary N) is 1. The molecule has 0 saturated heterocycles. The number of hydrogen-bond donors (Lipinski definition) is 1. The van der Waals surface area contributed by atoms with Gasteiger partial charge in [-0.3, -0.25) is 4.68 Å². The fourth-order valence-corrected chi connectivity index (χ4v) is 2.11. The van der Waals surface area contributed by atoms with Gasteiger partial charge in [-0.15, -0.1) is 0 Å². The highest BCUT2D eigenvalue weighted by Gasteiger charge is 2.16. The highest BCUT2D eigenvalue weighted by molar-refractivity contribution is 9.10. The lowest BCUT2D eigenvalue weighted by molar-refractivity contribution is 0.325. The minimum Gasteiger partial charge on any atom is -0.311 e. The van der Waals surface area contributed by atoms with Gasteiger partial charge in [0, 0.05) is 19.6 Å². The first-order chi connectivity index (χ1) is 7.91. The van der Waals surface area contributed by atoms with Crippen LogP contribution in [0.2, 0.25) is 0 Å². The number of aryl methyl sites for hydroxylation is 2. The van der Waals surface area contributed by atoms with Crippen LogP contribution in [0.15, 0.2) is 4.47 Å². The molecule has 1 heterocycles. The van der Waals surface area contributed by atoms with E-state index in [0.717, 1.165) is 29.8 Å². The molecule has 0 fully saturated rings. The summed E-state index contributed by atoms with van der Waals surface area (Å²) in [5, 5.41) is 8.02. The van der Waals surface area contributed by atoms with Crippen LogP contribution in [0.4, 0.5) is 0 Å². The molecule has 0 aliphatic heterocycles. The average Bonchev–Trinajstić information content (AvgIpc) is 2.56. The van der Waals surface area contributed by atoms with Gasteiger partial charge in [-0.1, -0.05) is 20.8 Å². The van der Waals surface area contributed by atoms with Crippen molar-refractivity contribution in [1.29, 1.82) is 0 Å². The Bertz CT molecular complexity index is 369. The SMILES string of the molecule is CCn1nc(C)c(Br)c1CNCC(C)(C)CC. The number of rotatable bonds is 6. The van der Waals surface area contributed by atoms with Crippen LogP contribution in [0.3, 0.4) is 0 Å². The lowest BCUT2D eigenvalue weighted by atomic mass is 9.90. The molecule has 0 saturated carbocycles. The molecular weight excluding hydrogens is 278 g/mol. The monoisotopic (exact) mass is 301 g/mol. The van der Waals surface area contributed by atoms with Crippen LogP contribution in [0.5, 0.6) is 0 Å². The van der Waals surface area contributed by atoms with Gasteiger partial charge in [-0.25, -0.2) is 0 Å². The van der Waals surface area contributed by atoms with Crippen molar-refractivity contribution in [3.8, 4) is 0 Å². The largest absolute Gasteiger partial charge is 0.311 e. The molecule has 0 aromatic carbocycles. The zero-order valence-corrected chi connectivity index (χ0v) is 13.2. The Balaban J connectivity index is 2.63. The molecule has 1 rings (SSSR count). The highest BCUT2D eigenvalue weighted by atomic mass is 79.9. The number of hydrogen-bond acceptors (Lipinski definition) is 2. The van der Waals surface area contributed by atoms with E-state index < -0.39 is 0 Å². The van der Waals surface area contributed by atoms with Crippen molar-refractivity contribution in [2.45, 2.75) is 54.1 Å². The van der Waals surface area contributed by atoms with Gasteiger partial charge in [-0.05, 0) is 41.6 Å². The summed E-state index contributed by atoms with van der Waals surface area (Å²) in [7, 11) is 0. The summed E-state index contributed by atoms with van der Waals surface area (Å²) in [5.41, 5.74) is 2.67. The van der Waals surface area contributed by atoms with Gasteiger partial charge < -0.3 is 5.32 Å². The maximum absolute atomic E-state index is 4.49. The molecule has 4 heteroatoms. The quantitative estimate of drug-likeness (QED) is 0.871. The van der Waals surface area contributed by atoms with Crippen molar-refractivity contribution in [3.05, 3.63) is 15.9 Å². The minimum absolute atomic E-state index is 0.360. The molecular formula is C13H24BrN3. The molecule has 0 aliphatic rings. The molecule has 0 atom stereocenters. The van der Waals surface area contributed by atoms with Gasteiger partial charge in [0.2, 0.25) is 0 Å². The normalized spacial score (nSPS) is 12.1. The van der Waals surface area contributed by atoms with E-state index in [1.165, 1.54) is 12.1 Å². The van der Waals surface area contributed by atoms with Crippen LogP contribution in [0.1, 0.15) is 45.5 Å². The molecule has 1 N–H and O–H groups in total. The van der Waals surface area contributed by atoms with Crippen molar-refractivity contribution in [1.82, 2.24) is 15.1 Å².